The summed E-state index contributed by atoms with van der Waals surface area (Å²) < 4.78 is 11.1. The molecule has 5 nitrogen and oxygen atoms in total. The van der Waals surface area contributed by atoms with E-state index in [-0.39, 0.29) is 5.91 Å². The lowest BCUT2D eigenvalue weighted by molar-refractivity contribution is -0.146. The summed E-state index contributed by atoms with van der Waals surface area (Å²) in [6.45, 7) is 5.60. The molecule has 1 aromatic carbocycles. The molecule has 1 aromatic rings. The number of nitrogens with zero attached hydrogens (tertiary/aromatic N) is 2. The lowest BCUT2D eigenvalue weighted by atomic mass is 10.0. The van der Waals surface area contributed by atoms with Gasteiger partial charge >= 0.3 is 0 Å². The zero-order valence-electron chi connectivity index (χ0n) is 14.0. The Bertz CT molecular complexity index is 508. The second kappa shape index (κ2) is 7.32. The van der Waals surface area contributed by atoms with Gasteiger partial charge in [-0.05, 0) is 31.9 Å². The summed E-state index contributed by atoms with van der Waals surface area (Å²) in [5.74, 6) is 0.823. The Morgan fingerprint density at radius 1 is 1.17 bits per heavy atom. The first-order valence-corrected chi connectivity index (χ1v) is 8.44. The Morgan fingerprint density at radius 3 is 2.43 bits per heavy atom. The zero-order chi connectivity index (χ0) is 16.2. The standard InChI is InChI=1S/C18H26N2O3/c1-14(23-17-6-4-3-5-7-17)18(21)20-12-15(13-20)19-10-8-16(22-2)9-11-19/h3-7,14-16H,8-13H2,1-2H3/t14-/m1/s1. The SMILES string of the molecule is COC1CCN(C2CN(C(=O)[C@@H](C)Oc3ccccc3)C2)CC1. The van der Waals surface area contributed by atoms with Crippen molar-refractivity contribution in [1.82, 2.24) is 9.80 Å². The van der Waals surface area contributed by atoms with Crippen molar-refractivity contribution in [3.8, 4) is 5.75 Å². The van der Waals surface area contributed by atoms with Crippen molar-refractivity contribution in [2.45, 2.75) is 38.0 Å². The van der Waals surface area contributed by atoms with Gasteiger partial charge in [-0.1, -0.05) is 18.2 Å². The molecule has 2 saturated heterocycles. The molecule has 2 heterocycles. The van der Waals surface area contributed by atoms with Crippen molar-refractivity contribution in [3.63, 3.8) is 0 Å². The van der Waals surface area contributed by atoms with E-state index in [2.05, 4.69) is 4.90 Å². The van der Waals surface area contributed by atoms with Crippen LogP contribution in [0.5, 0.6) is 5.75 Å². The summed E-state index contributed by atoms with van der Waals surface area (Å²) in [5, 5.41) is 0. The molecule has 126 valence electrons. The van der Waals surface area contributed by atoms with Crippen molar-refractivity contribution in [2.24, 2.45) is 0 Å². The van der Waals surface area contributed by atoms with E-state index in [0.717, 1.165) is 44.8 Å². The quantitative estimate of drug-likeness (QED) is 0.830. The molecule has 0 aromatic heterocycles. The minimum absolute atomic E-state index is 0.0804. The van der Waals surface area contributed by atoms with Crippen molar-refractivity contribution < 1.29 is 14.3 Å². The maximum absolute atomic E-state index is 12.4. The van der Waals surface area contributed by atoms with Gasteiger partial charge in [0.1, 0.15) is 5.75 Å². The maximum atomic E-state index is 12.4. The highest BCUT2D eigenvalue weighted by Gasteiger charge is 2.38. The molecule has 0 radical (unpaired) electrons. The highest BCUT2D eigenvalue weighted by molar-refractivity contribution is 5.81. The summed E-state index contributed by atoms with van der Waals surface area (Å²) in [5.41, 5.74) is 0. The third-order valence-electron chi connectivity index (χ3n) is 4.90. The smallest absolute Gasteiger partial charge is 0.263 e. The minimum atomic E-state index is -0.433. The number of rotatable bonds is 5. The first-order chi connectivity index (χ1) is 11.2. The summed E-state index contributed by atoms with van der Waals surface area (Å²) in [7, 11) is 1.79. The Balaban J connectivity index is 1.43. The van der Waals surface area contributed by atoms with Gasteiger partial charge in [-0.15, -0.1) is 0 Å². The summed E-state index contributed by atoms with van der Waals surface area (Å²) in [6.07, 6.45) is 2.16. The predicted molar refractivity (Wildman–Crippen MR) is 88.5 cm³/mol. The molecule has 0 aliphatic carbocycles. The Hall–Kier alpha value is -1.59. The summed E-state index contributed by atoms with van der Waals surface area (Å²) in [6, 6.07) is 10.0. The molecular formula is C18H26N2O3. The number of piperidine rings is 1. The first kappa shape index (κ1) is 16.3. The van der Waals surface area contributed by atoms with E-state index in [0.29, 0.717) is 12.1 Å². The van der Waals surface area contributed by atoms with Crippen LogP contribution in [-0.2, 0) is 9.53 Å². The van der Waals surface area contributed by atoms with Crippen molar-refractivity contribution >= 4 is 5.91 Å². The highest BCUT2D eigenvalue weighted by Crippen LogP contribution is 2.22. The molecular weight excluding hydrogens is 292 g/mol. The second-order valence-electron chi connectivity index (χ2n) is 6.44. The van der Waals surface area contributed by atoms with Gasteiger partial charge in [0.25, 0.3) is 5.91 Å². The molecule has 0 N–H and O–H groups in total. The van der Waals surface area contributed by atoms with Crippen LogP contribution in [0.15, 0.2) is 30.3 Å². The third kappa shape index (κ3) is 3.85. The molecule has 1 atom stereocenters. The number of carbonyl (C=O) groups is 1. The van der Waals surface area contributed by atoms with Crippen LogP contribution in [0.25, 0.3) is 0 Å². The number of benzene rings is 1. The van der Waals surface area contributed by atoms with Gasteiger partial charge in [0.15, 0.2) is 6.10 Å². The van der Waals surface area contributed by atoms with Crippen molar-refractivity contribution in [3.05, 3.63) is 30.3 Å². The van der Waals surface area contributed by atoms with Crippen LogP contribution in [0, 0.1) is 0 Å². The Kier molecular flexibility index (Phi) is 5.18. The van der Waals surface area contributed by atoms with Crippen LogP contribution in [0.4, 0.5) is 0 Å². The van der Waals surface area contributed by atoms with Crippen LogP contribution < -0.4 is 4.74 Å². The molecule has 2 aliphatic heterocycles. The highest BCUT2D eigenvalue weighted by atomic mass is 16.5. The second-order valence-corrected chi connectivity index (χ2v) is 6.44. The van der Waals surface area contributed by atoms with Gasteiger partial charge in [-0.25, -0.2) is 0 Å². The van der Waals surface area contributed by atoms with Crippen molar-refractivity contribution in [2.75, 3.05) is 33.3 Å². The van der Waals surface area contributed by atoms with Crippen LogP contribution in [0.3, 0.4) is 0 Å². The number of amides is 1. The van der Waals surface area contributed by atoms with Crippen LogP contribution in [-0.4, -0.2) is 67.2 Å². The van der Waals surface area contributed by atoms with Gasteiger partial charge in [0.05, 0.1) is 6.10 Å². The fraction of sp³-hybridized carbons (Fsp3) is 0.611. The van der Waals surface area contributed by atoms with E-state index in [1.165, 1.54) is 0 Å². The summed E-state index contributed by atoms with van der Waals surface area (Å²) >= 11 is 0. The lowest BCUT2D eigenvalue weighted by Gasteiger charge is -2.47. The number of hydrogen-bond acceptors (Lipinski definition) is 4. The monoisotopic (exact) mass is 318 g/mol. The molecule has 3 rings (SSSR count). The Labute approximate surface area is 138 Å². The van der Waals surface area contributed by atoms with Gasteiger partial charge in [-0.2, -0.15) is 0 Å². The predicted octanol–water partition coefficient (Wildman–Crippen LogP) is 1.78. The number of para-hydroxylation sites is 1. The van der Waals surface area contributed by atoms with Gasteiger partial charge in [0.2, 0.25) is 0 Å². The van der Waals surface area contributed by atoms with Gasteiger partial charge < -0.3 is 14.4 Å². The average molecular weight is 318 g/mol. The normalized spacial score (nSPS) is 21.7. The van der Waals surface area contributed by atoms with Gasteiger partial charge in [-0.3, -0.25) is 9.69 Å². The number of carbonyl (C=O) groups excluding carboxylic acids is 1. The van der Waals surface area contributed by atoms with Crippen LogP contribution in [0.2, 0.25) is 0 Å². The van der Waals surface area contributed by atoms with E-state index < -0.39 is 6.10 Å². The van der Waals surface area contributed by atoms with E-state index >= 15 is 0 Å². The van der Waals surface area contributed by atoms with E-state index in [4.69, 9.17) is 9.47 Å². The number of methoxy groups -OCH3 is 1. The van der Waals surface area contributed by atoms with E-state index in [9.17, 15) is 4.79 Å². The molecule has 0 unspecified atom stereocenters. The Morgan fingerprint density at radius 2 is 1.83 bits per heavy atom. The molecule has 1 amide bonds. The minimum Gasteiger partial charge on any atom is -0.481 e. The molecule has 2 aliphatic rings. The van der Waals surface area contributed by atoms with E-state index in [1.54, 1.807) is 7.11 Å². The molecule has 5 heteroatoms. The fourth-order valence-electron chi connectivity index (χ4n) is 3.35. The zero-order valence-corrected chi connectivity index (χ0v) is 14.0. The maximum Gasteiger partial charge on any atom is 0.263 e. The third-order valence-corrected chi connectivity index (χ3v) is 4.90. The molecule has 23 heavy (non-hydrogen) atoms. The topological polar surface area (TPSA) is 42.0 Å². The first-order valence-electron chi connectivity index (χ1n) is 8.44. The average Bonchev–Trinajstić information content (AvgIpc) is 2.55. The fourth-order valence-corrected chi connectivity index (χ4v) is 3.35. The molecule has 0 saturated carbocycles. The van der Waals surface area contributed by atoms with Crippen LogP contribution in [0.1, 0.15) is 19.8 Å². The number of ether oxygens (including phenoxy) is 2. The molecule has 2 fully saturated rings. The summed E-state index contributed by atoms with van der Waals surface area (Å²) in [4.78, 5) is 16.8. The molecule has 0 bridgehead atoms. The van der Waals surface area contributed by atoms with Gasteiger partial charge in [0, 0.05) is 39.3 Å². The lowest BCUT2D eigenvalue weighted by Crippen LogP contribution is -2.64. The number of likely N-dealkylation sites (tertiary alicyclic amines) is 2. The van der Waals surface area contributed by atoms with Crippen molar-refractivity contribution in [1.29, 1.82) is 0 Å². The van der Waals surface area contributed by atoms with E-state index in [1.807, 2.05) is 42.2 Å². The largest absolute Gasteiger partial charge is 0.481 e. The molecule has 0 spiro atoms. The number of hydrogen-bond donors (Lipinski definition) is 0. The van der Waals surface area contributed by atoms with Crippen LogP contribution >= 0.6 is 0 Å².